The Balaban J connectivity index is 0. The molecule has 0 aromatic heterocycles. The van der Waals surface area contributed by atoms with E-state index >= 15 is 0 Å². The molecule has 4 heteroatoms. The molecule has 0 aromatic rings. The number of aliphatic hydroxyl groups is 2. The van der Waals surface area contributed by atoms with Gasteiger partial charge in [-0.05, 0) is 13.8 Å². The van der Waals surface area contributed by atoms with E-state index in [1.54, 1.807) is 0 Å². The maximum atomic E-state index is 8.85. The summed E-state index contributed by atoms with van der Waals surface area (Å²) in [6, 6.07) is 0. The van der Waals surface area contributed by atoms with E-state index in [0.29, 0.717) is 0 Å². The molecule has 0 saturated heterocycles. The first-order valence-electron chi connectivity index (χ1n) is 4.43. The summed E-state index contributed by atoms with van der Waals surface area (Å²) in [5.41, 5.74) is 2.28. The summed E-state index contributed by atoms with van der Waals surface area (Å²) in [5, 5.41) is 17.3. The molecule has 0 aliphatic rings. The second kappa shape index (κ2) is 5.09. The van der Waals surface area contributed by atoms with E-state index in [9.17, 15) is 0 Å². The first kappa shape index (κ1) is 9.46. The van der Waals surface area contributed by atoms with Crippen molar-refractivity contribution in [2.24, 2.45) is 5.73 Å². The summed E-state index contributed by atoms with van der Waals surface area (Å²) in [6.07, 6.45) is 0. The molecule has 0 heterocycles. The second-order valence-electron chi connectivity index (χ2n) is 3.31. The van der Waals surface area contributed by atoms with Crippen LogP contribution in [0.2, 0.25) is 0 Å². The number of nitrogens with two attached hydrogens (primary N) is 1. The monoisotopic (exact) mass is 176 g/mol. The molecule has 0 unspecified atom stereocenters. The molecule has 0 radical (unpaired) electrons. The Morgan fingerprint density at radius 2 is 1.58 bits per heavy atom. The van der Waals surface area contributed by atoms with Crippen molar-refractivity contribution in [1.29, 1.82) is 0 Å². The molecule has 0 amide bonds. The molecule has 0 saturated carbocycles. The third kappa shape index (κ3) is 22.8. The summed E-state index contributed by atoms with van der Waals surface area (Å²) >= 11 is 0. The SMILES string of the molecule is [2H]C([2H])(N)C(C)(C)O.[C-]#[N+]C(C)(C)O. The fraction of sp³-hybridized carbons (Fsp3) is 0.875. The van der Waals surface area contributed by atoms with Crippen molar-refractivity contribution in [3.8, 4) is 0 Å². The highest BCUT2D eigenvalue weighted by atomic mass is 16.3. The van der Waals surface area contributed by atoms with Crippen LogP contribution in [0.4, 0.5) is 0 Å². The van der Waals surface area contributed by atoms with Gasteiger partial charge in [0.05, 0.1) is 5.60 Å². The van der Waals surface area contributed by atoms with Crippen molar-refractivity contribution < 1.29 is 13.0 Å². The normalized spacial score (nSPS) is 14.8. The van der Waals surface area contributed by atoms with Gasteiger partial charge in [-0.1, -0.05) is 0 Å². The predicted octanol–water partition coefficient (Wildman–Crippen LogP) is 0.350. The predicted molar refractivity (Wildman–Crippen MR) is 48.3 cm³/mol. The lowest BCUT2D eigenvalue weighted by molar-refractivity contribution is 0.0898. The van der Waals surface area contributed by atoms with E-state index in [4.69, 9.17) is 25.3 Å². The highest BCUT2D eigenvalue weighted by Gasteiger charge is 2.13. The van der Waals surface area contributed by atoms with E-state index < -0.39 is 17.8 Å². The zero-order valence-electron chi connectivity index (χ0n) is 9.92. The number of rotatable bonds is 1. The quantitative estimate of drug-likeness (QED) is 0.505. The van der Waals surface area contributed by atoms with Crippen LogP contribution >= 0.6 is 0 Å². The van der Waals surface area contributed by atoms with Crippen LogP contribution in [0.5, 0.6) is 0 Å². The lowest BCUT2D eigenvalue weighted by Gasteiger charge is -2.11. The van der Waals surface area contributed by atoms with E-state index in [2.05, 4.69) is 4.85 Å². The third-order valence-electron chi connectivity index (χ3n) is 0.627. The molecule has 0 aromatic carbocycles. The van der Waals surface area contributed by atoms with Crippen LogP contribution < -0.4 is 5.73 Å². The molecular weight excluding hydrogens is 156 g/mol. The summed E-state index contributed by atoms with van der Waals surface area (Å²) in [5.74, 6) is 0. The highest BCUT2D eigenvalue weighted by molar-refractivity contribution is 4.74. The van der Waals surface area contributed by atoms with Crippen LogP contribution in [-0.2, 0) is 0 Å². The number of nitrogens with zero attached hydrogens (tertiary/aromatic N) is 1. The standard InChI is InChI=1S/C4H7NO.C4H11NO/c1-4(2,6)5-3;1-4(2,6)3-5/h6H,1-2H3;6H,3,5H2,1-2H3/i;3D2. The van der Waals surface area contributed by atoms with Gasteiger partial charge >= 0.3 is 5.72 Å². The molecule has 0 aliphatic heterocycles. The Kier molecular flexibility index (Phi) is 4.01. The average Bonchev–Trinajstić information content (AvgIpc) is 1.82. The first-order valence-corrected chi connectivity index (χ1v) is 3.43. The van der Waals surface area contributed by atoms with Gasteiger partial charge in [0.2, 0.25) is 0 Å². The van der Waals surface area contributed by atoms with Gasteiger partial charge in [-0.3, -0.25) is 4.85 Å². The van der Waals surface area contributed by atoms with Crippen LogP contribution in [0.25, 0.3) is 4.85 Å². The lowest BCUT2D eigenvalue weighted by atomic mass is 10.1. The minimum Gasteiger partial charge on any atom is -0.389 e. The van der Waals surface area contributed by atoms with Crippen LogP contribution in [-0.4, -0.2) is 28.0 Å². The summed E-state index contributed by atoms with van der Waals surface area (Å²) < 4.78 is 13.6. The summed E-state index contributed by atoms with van der Waals surface area (Å²) in [6.45, 7) is 9.76. The van der Waals surface area contributed by atoms with Crippen molar-refractivity contribution in [2.75, 3.05) is 6.50 Å². The molecule has 4 N–H and O–H groups in total. The maximum absolute atomic E-state index is 8.85. The topological polar surface area (TPSA) is 70.8 Å². The maximum Gasteiger partial charge on any atom is 0.329 e. The molecule has 0 bridgehead atoms. The molecule has 0 fully saturated rings. The molecule has 0 aliphatic carbocycles. The van der Waals surface area contributed by atoms with Gasteiger partial charge in [-0.25, -0.2) is 6.57 Å². The largest absolute Gasteiger partial charge is 0.389 e. The Bertz CT molecular complexity index is 193. The van der Waals surface area contributed by atoms with E-state index in [1.165, 1.54) is 27.7 Å². The third-order valence-corrected chi connectivity index (χ3v) is 0.627. The fourth-order valence-corrected chi connectivity index (χ4v) is 0. The van der Waals surface area contributed by atoms with Gasteiger partial charge in [-0.15, -0.1) is 0 Å². The van der Waals surface area contributed by atoms with Crippen molar-refractivity contribution in [3.05, 3.63) is 11.4 Å². The Labute approximate surface area is 76.6 Å². The van der Waals surface area contributed by atoms with Gasteiger partial charge in [0.15, 0.2) is 0 Å². The Morgan fingerprint density at radius 1 is 1.42 bits per heavy atom. The minimum absolute atomic E-state index is 1.17. The fourth-order valence-electron chi connectivity index (χ4n) is 0. The van der Waals surface area contributed by atoms with Gasteiger partial charge in [0, 0.05) is 23.1 Å². The second-order valence-corrected chi connectivity index (χ2v) is 3.31. The van der Waals surface area contributed by atoms with Crippen molar-refractivity contribution in [1.82, 2.24) is 0 Å². The highest BCUT2D eigenvalue weighted by Crippen LogP contribution is 1.98. The zero-order chi connectivity index (χ0) is 12.2. The van der Waals surface area contributed by atoms with Crippen LogP contribution in [0.15, 0.2) is 0 Å². The molecule has 0 spiro atoms. The van der Waals surface area contributed by atoms with Gasteiger partial charge < -0.3 is 15.9 Å². The molecular formula is C8H18N2O2. The van der Waals surface area contributed by atoms with Crippen molar-refractivity contribution >= 4 is 0 Å². The Hall–Kier alpha value is -0.630. The molecule has 0 atom stereocenters. The number of hydrogen-bond donors (Lipinski definition) is 3. The molecule has 0 rings (SSSR count). The van der Waals surface area contributed by atoms with Crippen LogP contribution in [0.3, 0.4) is 0 Å². The van der Waals surface area contributed by atoms with Crippen molar-refractivity contribution in [2.45, 2.75) is 39.0 Å². The zero-order valence-corrected chi connectivity index (χ0v) is 7.92. The smallest absolute Gasteiger partial charge is 0.329 e. The van der Waals surface area contributed by atoms with Crippen molar-refractivity contribution in [3.63, 3.8) is 0 Å². The summed E-state index contributed by atoms with van der Waals surface area (Å²) in [4.78, 5) is 2.83. The van der Waals surface area contributed by atoms with Crippen LogP contribution in [0.1, 0.15) is 30.4 Å². The van der Waals surface area contributed by atoms with E-state index in [0.717, 1.165) is 0 Å². The average molecular weight is 176 g/mol. The Morgan fingerprint density at radius 3 is 1.58 bits per heavy atom. The van der Waals surface area contributed by atoms with Crippen LogP contribution in [0, 0.1) is 6.57 Å². The van der Waals surface area contributed by atoms with Gasteiger partial charge in [0.1, 0.15) is 0 Å². The first-order chi connectivity index (χ1) is 5.81. The molecule has 4 nitrogen and oxygen atoms in total. The number of hydrogen-bond acceptors (Lipinski definition) is 3. The van der Waals surface area contributed by atoms with Gasteiger partial charge in [-0.2, -0.15) is 0 Å². The molecule has 72 valence electrons. The lowest BCUT2D eigenvalue weighted by Crippen LogP contribution is -2.29. The van der Waals surface area contributed by atoms with E-state index in [-0.39, 0.29) is 0 Å². The van der Waals surface area contributed by atoms with E-state index in [1.807, 2.05) is 0 Å². The molecule has 12 heavy (non-hydrogen) atoms. The summed E-state index contributed by atoms with van der Waals surface area (Å²) in [7, 11) is 0. The van der Waals surface area contributed by atoms with Gasteiger partial charge in [0.25, 0.3) is 0 Å². The minimum atomic E-state index is -2.01.